The number of hydrogen-bond acceptors (Lipinski definition) is 4. The molecule has 1 aromatic carbocycles. The predicted octanol–water partition coefficient (Wildman–Crippen LogP) is 3.20. The second-order valence-corrected chi connectivity index (χ2v) is 5.69. The largest absolute Gasteiger partial charge is 0.390 e. The van der Waals surface area contributed by atoms with Crippen molar-refractivity contribution in [3.8, 4) is 10.6 Å². The standard InChI is InChI=1S/C14H12ClN3OS/c15-11-5-3-10(4-6-11)8-18-14(12(9-19)16-17-18)13-2-1-7-20-13/h1-7,19H,8-9H2. The Hall–Kier alpha value is -1.69. The van der Waals surface area contributed by atoms with Gasteiger partial charge in [-0.05, 0) is 29.1 Å². The van der Waals surface area contributed by atoms with Gasteiger partial charge in [0.2, 0.25) is 0 Å². The molecule has 0 unspecified atom stereocenters. The highest BCUT2D eigenvalue weighted by Gasteiger charge is 2.15. The van der Waals surface area contributed by atoms with Crippen molar-refractivity contribution in [3.05, 3.63) is 58.1 Å². The molecule has 0 amide bonds. The van der Waals surface area contributed by atoms with Gasteiger partial charge in [-0.25, -0.2) is 4.68 Å². The Bertz CT molecular complexity index is 692. The molecule has 3 aromatic rings. The van der Waals surface area contributed by atoms with E-state index in [4.69, 9.17) is 11.6 Å². The van der Waals surface area contributed by atoms with Crippen molar-refractivity contribution in [2.75, 3.05) is 0 Å². The summed E-state index contributed by atoms with van der Waals surface area (Å²) in [6, 6.07) is 11.6. The molecule has 0 saturated carbocycles. The minimum atomic E-state index is -0.117. The average molecular weight is 306 g/mol. The lowest BCUT2D eigenvalue weighted by Gasteiger charge is -2.06. The van der Waals surface area contributed by atoms with E-state index in [9.17, 15) is 5.11 Å². The summed E-state index contributed by atoms with van der Waals surface area (Å²) in [6.45, 7) is 0.477. The maximum absolute atomic E-state index is 9.40. The Labute approximate surface area is 125 Å². The van der Waals surface area contributed by atoms with E-state index in [0.29, 0.717) is 17.3 Å². The molecule has 0 aliphatic heterocycles. The molecule has 20 heavy (non-hydrogen) atoms. The van der Waals surface area contributed by atoms with Crippen molar-refractivity contribution >= 4 is 22.9 Å². The lowest BCUT2D eigenvalue weighted by molar-refractivity contribution is 0.277. The van der Waals surface area contributed by atoms with Gasteiger partial charge in [0, 0.05) is 5.02 Å². The third-order valence-electron chi connectivity index (χ3n) is 2.95. The Balaban J connectivity index is 1.98. The van der Waals surface area contributed by atoms with E-state index in [2.05, 4.69) is 10.3 Å². The van der Waals surface area contributed by atoms with E-state index in [1.807, 2.05) is 41.8 Å². The molecule has 0 saturated heterocycles. The van der Waals surface area contributed by atoms with Crippen LogP contribution in [0.3, 0.4) is 0 Å². The highest BCUT2D eigenvalue weighted by molar-refractivity contribution is 7.13. The fourth-order valence-electron chi connectivity index (χ4n) is 2.01. The highest BCUT2D eigenvalue weighted by atomic mass is 35.5. The van der Waals surface area contributed by atoms with Crippen LogP contribution in [0.2, 0.25) is 5.02 Å². The van der Waals surface area contributed by atoms with Crippen LogP contribution in [0.15, 0.2) is 41.8 Å². The smallest absolute Gasteiger partial charge is 0.117 e. The van der Waals surface area contributed by atoms with E-state index < -0.39 is 0 Å². The predicted molar refractivity (Wildman–Crippen MR) is 79.8 cm³/mol. The molecule has 0 spiro atoms. The van der Waals surface area contributed by atoms with Gasteiger partial charge < -0.3 is 5.11 Å². The van der Waals surface area contributed by atoms with Crippen LogP contribution in [0.25, 0.3) is 10.6 Å². The molecule has 4 nitrogen and oxygen atoms in total. The van der Waals surface area contributed by atoms with E-state index in [-0.39, 0.29) is 6.61 Å². The molecule has 2 heterocycles. The molecule has 102 valence electrons. The summed E-state index contributed by atoms with van der Waals surface area (Å²) in [4.78, 5) is 1.05. The maximum Gasteiger partial charge on any atom is 0.117 e. The topological polar surface area (TPSA) is 50.9 Å². The first-order valence-electron chi connectivity index (χ1n) is 6.09. The molecule has 0 aliphatic rings. The van der Waals surface area contributed by atoms with Crippen molar-refractivity contribution in [3.63, 3.8) is 0 Å². The van der Waals surface area contributed by atoms with Crippen LogP contribution in [0.1, 0.15) is 11.3 Å². The van der Waals surface area contributed by atoms with Crippen LogP contribution in [0, 0.1) is 0 Å². The Morgan fingerprint density at radius 2 is 2.00 bits per heavy atom. The van der Waals surface area contributed by atoms with Crippen molar-refractivity contribution in [2.24, 2.45) is 0 Å². The fraction of sp³-hybridized carbons (Fsp3) is 0.143. The van der Waals surface area contributed by atoms with E-state index in [1.165, 1.54) is 0 Å². The first-order valence-corrected chi connectivity index (χ1v) is 7.35. The third kappa shape index (κ3) is 2.60. The normalized spacial score (nSPS) is 10.9. The minimum absolute atomic E-state index is 0.117. The Morgan fingerprint density at radius 1 is 1.20 bits per heavy atom. The van der Waals surface area contributed by atoms with E-state index in [0.717, 1.165) is 16.1 Å². The first kappa shape index (κ1) is 13.3. The number of hydrogen-bond donors (Lipinski definition) is 1. The number of thiophene rings is 1. The van der Waals surface area contributed by atoms with Gasteiger partial charge in [-0.15, -0.1) is 16.4 Å². The third-order valence-corrected chi connectivity index (χ3v) is 4.08. The average Bonchev–Trinajstić information content (AvgIpc) is 3.10. The molecule has 0 aliphatic carbocycles. The minimum Gasteiger partial charge on any atom is -0.390 e. The number of nitrogens with zero attached hydrogens (tertiary/aromatic N) is 3. The summed E-state index contributed by atoms with van der Waals surface area (Å²) >= 11 is 7.49. The number of benzene rings is 1. The zero-order chi connectivity index (χ0) is 13.9. The molecule has 2 aromatic heterocycles. The molecule has 0 fully saturated rings. The molecule has 0 radical (unpaired) electrons. The monoisotopic (exact) mass is 305 g/mol. The quantitative estimate of drug-likeness (QED) is 0.805. The van der Waals surface area contributed by atoms with Crippen LogP contribution in [-0.2, 0) is 13.2 Å². The molecule has 3 rings (SSSR count). The summed E-state index contributed by atoms with van der Waals surface area (Å²) in [5.74, 6) is 0. The van der Waals surface area contributed by atoms with Gasteiger partial charge in [-0.3, -0.25) is 0 Å². The number of aliphatic hydroxyl groups excluding tert-OH is 1. The van der Waals surface area contributed by atoms with Crippen LogP contribution in [0.5, 0.6) is 0 Å². The lowest BCUT2D eigenvalue weighted by Crippen LogP contribution is -2.04. The summed E-state index contributed by atoms with van der Waals surface area (Å²) < 4.78 is 1.81. The number of aliphatic hydroxyl groups is 1. The SMILES string of the molecule is OCc1nnn(Cc2ccc(Cl)cc2)c1-c1cccs1. The van der Waals surface area contributed by atoms with Crippen LogP contribution >= 0.6 is 22.9 Å². The summed E-state index contributed by atoms with van der Waals surface area (Å²) in [7, 11) is 0. The highest BCUT2D eigenvalue weighted by Crippen LogP contribution is 2.27. The second-order valence-electron chi connectivity index (χ2n) is 4.30. The van der Waals surface area contributed by atoms with E-state index >= 15 is 0 Å². The van der Waals surface area contributed by atoms with Gasteiger partial charge in [0.1, 0.15) is 11.4 Å². The summed E-state index contributed by atoms with van der Waals surface area (Å²) in [5, 5.41) is 20.3. The first-order chi connectivity index (χ1) is 9.78. The maximum atomic E-state index is 9.40. The van der Waals surface area contributed by atoms with E-state index in [1.54, 1.807) is 16.0 Å². The zero-order valence-corrected chi connectivity index (χ0v) is 12.1. The van der Waals surface area contributed by atoms with Gasteiger partial charge in [-0.2, -0.15) is 0 Å². The number of halogens is 1. The summed E-state index contributed by atoms with van der Waals surface area (Å²) in [6.07, 6.45) is 0. The molecular formula is C14H12ClN3OS. The zero-order valence-electron chi connectivity index (χ0n) is 10.5. The second kappa shape index (κ2) is 5.75. The molecule has 1 N–H and O–H groups in total. The molecule has 6 heteroatoms. The Morgan fingerprint density at radius 3 is 2.65 bits per heavy atom. The van der Waals surface area contributed by atoms with Crippen molar-refractivity contribution in [2.45, 2.75) is 13.2 Å². The fourth-order valence-corrected chi connectivity index (χ4v) is 2.93. The summed E-state index contributed by atoms with van der Waals surface area (Å²) in [5.41, 5.74) is 2.56. The van der Waals surface area contributed by atoms with Crippen molar-refractivity contribution < 1.29 is 5.11 Å². The van der Waals surface area contributed by atoms with Gasteiger partial charge >= 0.3 is 0 Å². The van der Waals surface area contributed by atoms with Crippen molar-refractivity contribution in [1.82, 2.24) is 15.0 Å². The van der Waals surface area contributed by atoms with Gasteiger partial charge in [0.15, 0.2) is 0 Å². The molecule has 0 bridgehead atoms. The van der Waals surface area contributed by atoms with Crippen molar-refractivity contribution in [1.29, 1.82) is 0 Å². The van der Waals surface area contributed by atoms with Gasteiger partial charge in [0.05, 0.1) is 18.0 Å². The van der Waals surface area contributed by atoms with Gasteiger partial charge in [-0.1, -0.05) is 35.0 Å². The Kier molecular flexibility index (Phi) is 3.82. The van der Waals surface area contributed by atoms with Crippen LogP contribution in [-0.4, -0.2) is 20.1 Å². The number of rotatable bonds is 4. The van der Waals surface area contributed by atoms with Crippen LogP contribution in [0.4, 0.5) is 0 Å². The molecular weight excluding hydrogens is 294 g/mol. The lowest BCUT2D eigenvalue weighted by atomic mass is 10.2. The van der Waals surface area contributed by atoms with Crippen LogP contribution < -0.4 is 0 Å². The molecule has 0 atom stereocenters. The van der Waals surface area contributed by atoms with Gasteiger partial charge in [0.25, 0.3) is 0 Å². The number of aromatic nitrogens is 3.